The van der Waals surface area contributed by atoms with E-state index >= 15 is 0 Å². The number of piperazine rings is 1. The van der Waals surface area contributed by atoms with E-state index in [-0.39, 0.29) is 0 Å². The van der Waals surface area contributed by atoms with Crippen LogP contribution in [-0.4, -0.2) is 55.7 Å². The van der Waals surface area contributed by atoms with Gasteiger partial charge in [0.15, 0.2) is 11.5 Å². The lowest BCUT2D eigenvalue weighted by Crippen LogP contribution is -2.47. The van der Waals surface area contributed by atoms with Gasteiger partial charge in [0.2, 0.25) is 5.95 Å². The number of imidazole rings is 1. The summed E-state index contributed by atoms with van der Waals surface area (Å²) in [6, 6.07) is 2.00. The highest BCUT2D eigenvalue weighted by molar-refractivity contribution is 5.83. The van der Waals surface area contributed by atoms with E-state index in [2.05, 4.69) is 34.7 Å². The van der Waals surface area contributed by atoms with Crippen LogP contribution in [0.25, 0.3) is 11.2 Å². The molecule has 8 heteroatoms. The van der Waals surface area contributed by atoms with Gasteiger partial charge < -0.3 is 14.4 Å². The van der Waals surface area contributed by atoms with Gasteiger partial charge in [-0.05, 0) is 19.9 Å². The van der Waals surface area contributed by atoms with Crippen molar-refractivity contribution >= 4 is 22.9 Å². The Labute approximate surface area is 140 Å². The van der Waals surface area contributed by atoms with Crippen LogP contribution in [-0.2, 0) is 7.05 Å². The molecule has 0 spiro atoms. The fourth-order valence-electron chi connectivity index (χ4n) is 3.17. The Morgan fingerprint density at radius 2 is 1.54 bits per heavy atom. The van der Waals surface area contributed by atoms with E-state index in [1.54, 1.807) is 12.7 Å². The number of anilines is 2. The molecule has 4 heterocycles. The molecule has 124 valence electrons. The van der Waals surface area contributed by atoms with Gasteiger partial charge in [0.25, 0.3) is 0 Å². The van der Waals surface area contributed by atoms with Crippen LogP contribution >= 0.6 is 0 Å². The Morgan fingerprint density at radius 1 is 0.875 bits per heavy atom. The van der Waals surface area contributed by atoms with Crippen molar-refractivity contribution in [3.8, 4) is 0 Å². The summed E-state index contributed by atoms with van der Waals surface area (Å²) in [5.74, 6) is 1.77. The molecule has 3 aromatic rings. The highest BCUT2D eigenvalue weighted by Crippen LogP contribution is 2.23. The fourth-order valence-corrected chi connectivity index (χ4v) is 3.17. The first-order valence-corrected chi connectivity index (χ1v) is 8.06. The molecule has 0 atom stereocenters. The Kier molecular flexibility index (Phi) is 3.51. The molecule has 4 rings (SSSR count). The zero-order chi connectivity index (χ0) is 16.7. The number of nitrogens with zero attached hydrogens (tertiary/aromatic N) is 8. The van der Waals surface area contributed by atoms with Crippen LogP contribution in [0, 0.1) is 13.8 Å². The zero-order valence-electron chi connectivity index (χ0n) is 14.1. The molecule has 0 aliphatic carbocycles. The maximum Gasteiger partial charge on any atom is 0.225 e. The summed E-state index contributed by atoms with van der Waals surface area (Å²) in [6.07, 6.45) is 3.37. The van der Waals surface area contributed by atoms with E-state index in [0.29, 0.717) is 0 Å². The largest absolute Gasteiger partial charge is 0.351 e. The molecule has 1 aliphatic rings. The van der Waals surface area contributed by atoms with Crippen molar-refractivity contribution < 1.29 is 0 Å². The monoisotopic (exact) mass is 324 g/mol. The maximum absolute atomic E-state index is 4.57. The molecule has 0 unspecified atom stereocenters. The molecular formula is C16H20N8. The Balaban J connectivity index is 1.56. The second kappa shape index (κ2) is 5.70. The Hall–Kier alpha value is -2.77. The first kappa shape index (κ1) is 14.8. The van der Waals surface area contributed by atoms with Crippen molar-refractivity contribution in [2.24, 2.45) is 7.05 Å². The highest BCUT2D eigenvalue weighted by Gasteiger charge is 2.23. The van der Waals surface area contributed by atoms with Crippen molar-refractivity contribution in [3.63, 3.8) is 0 Å². The van der Waals surface area contributed by atoms with Gasteiger partial charge in [-0.15, -0.1) is 0 Å². The van der Waals surface area contributed by atoms with Crippen LogP contribution in [0.3, 0.4) is 0 Å². The van der Waals surface area contributed by atoms with Gasteiger partial charge in [-0.25, -0.2) is 24.9 Å². The van der Waals surface area contributed by atoms with Crippen LogP contribution in [0.4, 0.5) is 11.8 Å². The minimum atomic E-state index is 0.738. The van der Waals surface area contributed by atoms with E-state index in [9.17, 15) is 0 Å². The molecule has 0 N–H and O–H groups in total. The fraction of sp³-hybridized carbons (Fsp3) is 0.438. The first-order valence-electron chi connectivity index (χ1n) is 8.06. The predicted octanol–water partition coefficient (Wildman–Crippen LogP) is 1.10. The van der Waals surface area contributed by atoms with Crippen molar-refractivity contribution in [1.82, 2.24) is 29.5 Å². The lowest BCUT2D eigenvalue weighted by atomic mass is 10.3. The van der Waals surface area contributed by atoms with Crippen LogP contribution in [0.15, 0.2) is 18.7 Å². The van der Waals surface area contributed by atoms with Gasteiger partial charge in [-0.3, -0.25) is 0 Å². The van der Waals surface area contributed by atoms with Crippen LogP contribution in [0.2, 0.25) is 0 Å². The van der Waals surface area contributed by atoms with E-state index < -0.39 is 0 Å². The molecule has 24 heavy (non-hydrogen) atoms. The summed E-state index contributed by atoms with van der Waals surface area (Å²) >= 11 is 0. The van der Waals surface area contributed by atoms with Gasteiger partial charge in [0.05, 0.1) is 6.33 Å². The molecule has 1 aliphatic heterocycles. The molecule has 0 bridgehead atoms. The Morgan fingerprint density at radius 3 is 2.25 bits per heavy atom. The third-order valence-corrected chi connectivity index (χ3v) is 4.32. The molecule has 3 aromatic heterocycles. The highest BCUT2D eigenvalue weighted by atomic mass is 15.3. The topological polar surface area (TPSA) is 75.9 Å². The third-order valence-electron chi connectivity index (χ3n) is 4.32. The second-order valence-corrected chi connectivity index (χ2v) is 6.15. The van der Waals surface area contributed by atoms with Gasteiger partial charge in [0, 0.05) is 44.6 Å². The number of hydrogen-bond donors (Lipinski definition) is 0. The summed E-state index contributed by atoms with van der Waals surface area (Å²) in [4.78, 5) is 26.7. The smallest absolute Gasteiger partial charge is 0.225 e. The number of aryl methyl sites for hydroxylation is 3. The number of rotatable bonds is 2. The molecule has 0 radical (unpaired) electrons. The van der Waals surface area contributed by atoms with Crippen molar-refractivity contribution in [2.75, 3.05) is 36.0 Å². The number of hydrogen-bond acceptors (Lipinski definition) is 7. The van der Waals surface area contributed by atoms with E-state index in [1.807, 2.05) is 31.5 Å². The minimum absolute atomic E-state index is 0.738. The molecule has 1 saturated heterocycles. The molecule has 0 amide bonds. The summed E-state index contributed by atoms with van der Waals surface area (Å²) in [6.45, 7) is 7.49. The first-order chi connectivity index (χ1) is 11.6. The minimum Gasteiger partial charge on any atom is -0.351 e. The van der Waals surface area contributed by atoms with Crippen molar-refractivity contribution in [2.45, 2.75) is 13.8 Å². The van der Waals surface area contributed by atoms with Crippen molar-refractivity contribution in [1.29, 1.82) is 0 Å². The van der Waals surface area contributed by atoms with Crippen LogP contribution in [0.1, 0.15) is 11.4 Å². The zero-order valence-corrected chi connectivity index (χ0v) is 14.1. The van der Waals surface area contributed by atoms with Gasteiger partial charge in [-0.1, -0.05) is 0 Å². The standard InChI is InChI=1S/C16H20N8/c1-11-8-12(2)21-16(20-11)24-6-4-23(5-7-24)15-13-14(17-9-18-15)19-10-22(13)3/h8-10H,4-7H2,1-3H3. The average molecular weight is 324 g/mol. The molecule has 8 nitrogen and oxygen atoms in total. The van der Waals surface area contributed by atoms with E-state index in [1.165, 1.54) is 0 Å². The van der Waals surface area contributed by atoms with Gasteiger partial charge >= 0.3 is 0 Å². The van der Waals surface area contributed by atoms with Gasteiger partial charge in [0.1, 0.15) is 11.8 Å². The molecule has 1 fully saturated rings. The maximum atomic E-state index is 4.57. The summed E-state index contributed by atoms with van der Waals surface area (Å²) in [7, 11) is 1.97. The quantitative estimate of drug-likeness (QED) is 0.698. The predicted molar refractivity (Wildman–Crippen MR) is 92.2 cm³/mol. The SMILES string of the molecule is Cc1cc(C)nc(N2CCN(c3ncnc4ncn(C)c34)CC2)n1. The van der Waals surface area contributed by atoms with Gasteiger partial charge in [-0.2, -0.15) is 0 Å². The second-order valence-electron chi connectivity index (χ2n) is 6.15. The van der Waals surface area contributed by atoms with E-state index in [0.717, 1.165) is 60.5 Å². The van der Waals surface area contributed by atoms with Crippen LogP contribution in [0.5, 0.6) is 0 Å². The summed E-state index contributed by atoms with van der Waals surface area (Å²) in [5, 5.41) is 0. The summed E-state index contributed by atoms with van der Waals surface area (Å²) in [5.41, 5.74) is 3.73. The lowest BCUT2D eigenvalue weighted by molar-refractivity contribution is 0.633. The number of fused-ring (bicyclic) bond motifs is 1. The molecule has 0 aromatic carbocycles. The number of aromatic nitrogens is 6. The van der Waals surface area contributed by atoms with Crippen LogP contribution < -0.4 is 9.80 Å². The molecule has 0 saturated carbocycles. The van der Waals surface area contributed by atoms with Crippen molar-refractivity contribution in [3.05, 3.63) is 30.1 Å². The average Bonchev–Trinajstić information content (AvgIpc) is 2.96. The van der Waals surface area contributed by atoms with E-state index in [4.69, 9.17) is 0 Å². The third kappa shape index (κ3) is 2.53. The normalized spacial score (nSPS) is 15.3. The summed E-state index contributed by atoms with van der Waals surface area (Å²) < 4.78 is 1.98. The molecular weight excluding hydrogens is 304 g/mol. The Bertz CT molecular complexity index is 859. The lowest BCUT2D eigenvalue weighted by Gasteiger charge is -2.35.